The van der Waals surface area contributed by atoms with E-state index in [1.165, 1.54) is 22.3 Å². The summed E-state index contributed by atoms with van der Waals surface area (Å²) in [5.74, 6) is 0.556. The number of hydrogen-bond acceptors (Lipinski definition) is 3. The number of carbonyl (C=O) groups excluding carboxylic acids is 1. The molecule has 164 valence electrons. The molecule has 0 saturated heterocycles. The number of carbonyl (C=O) groups is 1. The average Bonchev–Trinajstić information content (AvgIpc) is 3.25. The van der Waals surface area contributed by atoms with Gasteiger partial charge in [-0.1, -0.05) is 54.6 Å². The lowest BCUT2D eigenvalue weighted by Gasteiger charge is -2.09. The van der Waals surface area contributed by atoms with Gasteiger partial charge in [0.05, 0.1) is 11.2 Å². The summed E-state index contributed by atoms with van der Waals surface area (Å²) in [6.07, 6.45) is 0.896. The van der Waals surface area contributed by atoms with Gasteiger partial charge in [0.25, 0.3) is 5.91 Å². The zero-order chi connectivity index (χ0) is 22.9. The van der Waals surface area contributed by atoms with E-state index in [0.29, 0.717) is 17.9 Å². The normalized spacial score (nSPS) is 11.6. The number of nitrogens with one attached hydrogen (secondary N) is 1. The highest BCUT2D eigenvalue weighted by Gasteiger charge is 2.18. The summed E-state index contributed by atoms with van der Waals surface area (Å²) in [6.45, 7) is 0.369. The van der Waals surface area contributed by atoms with Crippen LogP contribution in [0.2, 0.25) is 0 Å². The molecular weight excluding hydrogens is 420 g/mol. The Bertz CT molecular complexity index is 1520. The van der Waals surface area contributed by atoms with Crippen molar-refractivity contribution in [2.75, 3.05) is 5.32 Å². The molecule has 0 radical (unpaired) electrons. The van der Waals surface area contributed by atoms with Crippen molar-refractivity contribution in [2.45, 2.75) is 13.0 Å². The third-order valence-electron chi connectivity index (χ3n) is 6.21. The Balaban J connectivity index is 1.10. The minimum Gasteiger partial charge on any atom is -0.487 e. The van der Waals surface area contributed by atoms with Crippen LogP contribution < -0.4 is 10.1 Å². The van der Waals surface area contributed by atoms with Crippen LogP contribution in [0.15, 0.2) is 103 Å². The topological polar surface area (TPSA) is 51.2 Å². The maximum atomic E-state index is 12.8. The third kappa shape index (κ3) is 3.90. The highest BCUT2D eigenvalue weighted by atomic mass is 16.5. The lowest BCUT2D eigenvalue weighted by Crippen LogP contribution is -2.12. The van der Waals surface area contributed by atoms with Crippen LogP contribution in [0, 0.1) is 0 Å². The van der Waals surface area contributed by atoms with E-state index in [1.807, 2.05) is 54.6 Å². The fraction of sp³-hybridized carbons (Fsp3) is 0.0667. The molecule has 1 amide bonds. The van der Waals surface area contributed by atoms with Crippen LogP contribution in [0.5, 0.6) is 5.75 Å². The van der Waals surface area contributed by atoms with Gasteiger partial charge in [-0.15, -0.1) is 0 Å². The quantitative estimate of drug-likeness (QED) is 0.326. The molecule has 4 heteroatoms. The summed E-state index contributed by atoms with van der Waals surface area (Å²) < 4.78 is 5.88. The number of amides is 1. The zero-order valence-corrected chi connectivity index (χ0v) is 18.5. The van der Waals surface area contributed by atoms with E-state index in [2.05, 4.69) is 46.7 Å². The summed E-state index contributed by atoms with van der Waals surface area (Å²) in [4.78, 5) is 17.4. The van der Waals surface area contributed by atoms with Gasteiger partial charge in [-0.3, -0.25) is 4.79 Å². The molecule has 6 rings (SSSR count). The van der Waals surface area contributed by atoms with Crippen molar-refractivity contribution < 1.29 is 9.53 Å². The molecule has 4 nitrogen and oxygen atoms in total. The number of ether oxygens (including phenoxy) is 1. The fourth-order valence-electron chi connectivity index (χ4n) is 4.47. The number of benzene rings is 4. The Morgan fingerprint density at radius 2 is 1.59 bits per heavy atom. The van der Waals surface area contributed by atoms with Crippen molar-refractivity contribution in [2.24, 2.45) is 0 Å². The first-order chi connectivity index (χ1) is 16.7. The number of anilines is 1. The van der Waals surface area contributed by atoms with Gasteiger partial charge >= 0.3 is 0 Å². The van der Waals surface area contributed by atoms with Gasteiger partial charge in [0, 0.05) is 16.6 Å². The first kappa shape index (κ1) is 20.2. The first-order valence-electron chi connectivity index (χ1n) is 11.3. The molecular formula is C30H22N2O2. The van der Waals surface area contributed by atoms with Crippen LogP contribution >= 0.6 is 0 Å². The molecule has 1 aliphatic rings. The van der Waals surface area contributed by atoms with Gasteiger partial charge in [-0.25, -0.2) is 4.98 Å². The van der Waals surface area contributed by atoms with Crippen LogP contribution in [0.4, 0.5) is 5.69 Å². The molecule has 1 aromatic heterocycles. The van der Waals surface area contributed by atoms with E-state index < -0.39 is 0 Å². The van der Waals surface area contributed by atoms with Gasteiger partial charge in [0.2, 0.25) is 0 Å². The summed E-state index contributed by atoms with van der Waals surface area (Å²) in [6, 6.07) is 33.8. The van der Waals surface area contributed by atoms with Crippen molar-refractivity contribution in [3.8, 4) is 16.9 Å². The van der Waals surface area contributed by atoms with E-state index in [-0.39, 0.29) is 5.91 Å². The molecule has 1 N–H and O–H groups in total. The van der Waals surface area contributed by atoms with E-state index in [0.717, 1.165) is 28.7 Å². The molecule has 1 heterocycles. The molecule has 0 spiro atoms. The second-order valence-electron chi connectivity index (χ2n) is 8.47. The molecule has 5 aromatic rings. The standard InChI is InChI=1S/C30H22N2O2/c33-30(32-24-13-16-28-23(18-24)17-22-6-1-3-7-27(22)28)21-10-14-26(15-11-21)34-19-25-12-9-20-5-2-4-8-29(20)31-25/h1-16,18H,17,19H2,(H,32,33). The zero-order valence-electron chi connectivity index (χ0n) is 18.5. The van der Waals surface area contributed by atoms with Gasteiger partial charge < -0.3 is 10.1 Å². The summed E-state index contributed by atoms with van der Waals surface area (Å²) in [7, 11) is 0. The van der Waals surface area contributed by atoms with Gasteiger partial charge in [-0.2, -0.15) is 0 Å². The largest absolute Gasteiger partial charge is 0.487 e. The van der Waals surface area contributed by atoms with Gasteiger partial charge in [0.15, 0.2) is 0 Å². The van der Waals surface area contributed by atoms with Crippen LogP contribution in [0.25, 0.3) is 22.0 Å². The molecule has 1 aliphatic carbocycles. The monoisotopic (exact) mass is 442 g/mol. The summed E-state index contributed by atoms with van der Waals surface area (Å²) >= 11 is 0. The Morgan fingerprint density at radius 1 is 0.794 bits per heavy atom. The predicted molar refractivity (Wildman–Crippen MR) is 135 cm³/mol. The summed E-state index contributed by atoms with van der Waals surface area (Å²) in [5.41, 5.74) is 8.30. The molecule has 0 fully saturated rings. The van der Waals surface area contributed by atoms with Crippen LogP contribution in [0.3, 0.4) is 0 Å². The van der Waals surface area contributed by atoms with E-state index in [4.69, 9.17) is 4.74 Å². The van der Waals surface area contributed by atoms with Gasteiger partial charge in [0.1, 0.15) is 12.4 Å². The van der Waals surface area contributed by atoms with E-state index >= 15 is 0 Å². The van der Waals surface area contributed by atoms with Crippen molar-refractivity contribution in [1.82, 2.24) is 4.98 Å². The summed E-state index contributed by atoms with van der Waals surface area (Å²) in [5, 5.41) is 4.13. The molecule has 0 aliphatic heterocycles. The number of nitrogens with zero attached hydrogens (tertiary/aromatic N) is 1. The van der Waals surface area contributed by atoms with Crippen molar-refractivity contribution in [3.63, 3.8) is 0 Å². The van der Waals surface area contributed by atoms with Crippen LogP contribution in [-0.4, -0.2) is 10.9 Å². The minimum atomic E-state index is -0.141. The minimum absolute atomic E-state index is 0.141. The SMILES string of the molecule is O=C(Nc1ccc2c(c1)Cc1ccccc1-2)c1ccc(OCc2ccc3ccccc3n2)cc1. The maximum Gasteiger partial charge on any atom is 0.255 e. The fourth-order valence-corrected chi connectivity index (χ4v) is 4.47. The van der Waals surface area contributed by atoms with Gasteiger partial charge in [-0.05, 0) is 77.2 Å². The lowest BCUT2D eigenvalue weighted by atomic mass is 10.1. The highest BCUT2D eigenvalue weighted by molar-refractivity contribution is 6.04. The second kappa shape index (κ2) is 8.49. The number of rotatable bonds is 5. The number of aromatic nitrogens is 1. The van der Waals surface area contributed by atoms with Crippen molar-refractivity contribution >= 4 is 22.5 Å². The average molecular weight is 443 g/mol. The Kier molecular flexibility index (Phi) is 5.04. The van der Waals surface area contributed by atoms with E-state index in [9.17, 15) is 4.79 Å². The first-order valence-corrected chi connectivity index (χ1v) is 11.3. The van der Waals surface area contributed by atoms with Crippen LogP contribution in [0.1, 0.15) is 27.2 Å². The van der Waals surface area contributed by atoms with Crippen molar-refractivity contribution in [1.29, 1.82) is 0 Å². The lowest BCUT2D eigenvalue weighted by molar-refractivity contribution is 0.102. The number of para-hydroxylation sites is 1. The predicted octanol–water partition coefficient (Wildman–Crippen LogP) is 6.64. The maximum absolute atomic E-state index is 12.8. The van der Waals surface area contributed by atoms with Crippen molar-refractivity contribution in [3.05, 3.63) is 126 Å². The molecule has 0 atom stereocenters. The number of pyridine rings is 1. The smallest absolute Gasteiger partial charge is 0.255 e. The Labute approximate surface area is 197 Å². The Morgan fingerprint density at radius 3 is 2.50 bits per heavy atom. The van der Waals surface area contributed by atoms with Crippen LogP contribution in [-0.2, 0) is 13.0 Å². The molecule has 0 saturated carbocycles. The number of hydrogen-bond donors (Lipinski definition) is 1. The highest BCUT2D eigenvalue weighted by Crippen LogP contribution is 2.37. The molecule has 34 heavy (non-hydrogen) atoms. The molecule has 4 aromatic carbocycles. The second-order valence-corrected chi connectivity index (χ2v) is 8.47. The Hall–Kier alpha value is -4.44. The molecule has 0 unspecified atom stereocenters. The van der Waals surface area contributed by atoms with E-state index in [1.54, 1.807) is 12.1 Å². The number of fused-ring (bicyclic) bond motifs is 4. The third-order valence-corrected chi connectivity index (χ3v) is 6.21. The molecule has 0 bridgehead atoms.